The van der Waals surface area contributed by atoms with Crippen molar-refractivity contribution >= 4 is 40.7 Å². The third-order valence-corrected chi connectivity index (χ3v) is 3.19. The number of carbonyl (C=O) groups excluding carboxylic acids is 2. The van der Waals surface area contributed by atoms with Crippen LogP contribution in [-0.4, -0.2) is 43.2 Å². The lowest BCUT2D eigenvalue weighted by molar-refractivity contribution is -0.120. The first-order valence-corrected chi connectivity index (χ1v) is 7.59. The van der Waals surface area contributed by atoms with E-state index in [9.17, 15) is 9.59 Å². The fraction of sp³-hybridized carbons (Fsp3) is 0.357. The molecule has 0 heterocycles. The number of halogens is 1. The van der Waals surface area contributed by atoms with Gasteiger partial charge in [-0.1, -0.05) is 23.7 Å². The van der Waals surface area contributed by atoms with Crippen LogP contribution in [0.4, 0.5) is 0 Å². The van der Waals surface area contributed by atoms with Crippen LogP contribution >= 0.6 is 23.8 Å². The second-order valence-electron chi connectivity index (χ2n) is 4.67. The Kier molecular flexibility index (Phi) is 8.31. The molecular weight excluding hydrogens is 340 g/mol. The molecular formula is C14H19ClN4O3S. The Hall–Kier alpha value is -1.90. The van der Waals surface area contributed by atoms with Crippen molar-refractivity contribution in [3.63, 3.8) is 0 Å². The van der Waals surface area contributed by atoms with Crippen molar-refractivity contribution in [1.29, 1.82) is 0 Å². The topological polar surface area (TPSA) is 91.5 Å². The van der Waals surface area contributed by atoms with E-state index in [1.807, 2.05) is 6.92 Å². The highest BCUT2D eigenvalue weighted by molar-refractivity contribution is 7.80. The maximum atomic E-state index is 11.9. The van der Waals surface area contributed by atoms with E-state index in [1.54, 1.807) is 31.4 Å². The lowest BCUT2D eigenvalue weighted by Gasteiger charge is -2.16. The largest absolute Gasteiger partial charge is 0.383 e. The van der Waals surface area contributed by atoms with Crippen molar-refractivity contribution in [3.8, 4) is 0 Å². The zero-order valence-electron chi connectivity index (χ0n) is 12.8. The van der Waals surface area contributed by atoms with Crippen molar-refractivity contribution in [2.45, 2.75) is 13.0 Å². The Morgan fingerprint density at radius 1 is 1.30 bits per heavy atom. The van der Waals surface area contributed by atoms with Crippen molar-refractivity contribution in [1.82, 2.24) is 21.5 Å². The van der Waals surface area contributed by atoms with E-state index in [0.717, 1.165) is 0 Å². The Morgan fingerprint density at radius 2 is 2.00 bits per heavy atom. The van der Waals surface area contributed by atoms with Crippen LogP contribution in [0, 0.1) is 0 Å². The molecule has 2 amide bonds. The molecule has 0 saturated carbocycles. The van der Waals surface area contributed by atoms with E-state index in [2.05, 4.69) is 21.5 Å². The summed E-state index contributed by atoms with van der Waals surface area (Å²) >= 11 is 10.9. The number of methoxy groups -OCH3 is 1. The molecule has 0 aliphatic heterocycles. The summed E-state index contributed by atoms with van der Waals surface area (Å²) in [6.45, 7) is 2.14. The molecule has 126 valence electrons. The van der Waals surface area contributed by atoms with Crippen LogP contribution in [0.15, 0.2) is 24.3 Å². The highest BCUT2D eigenvalue weighted by Crippen LogP contribution is 2.14. The minimum Gasteiger partial charge on any atom is -0.383 e. The van der Waals surface area contributed by atoms with Gasteiger partial charge >= 0.3 is 0 Å². The molecule has 0 aliphatic rings. The van der Waals surface area contributed by atoms with Gasteiger partial charge in [0, 0.05) is 13.2 Å². The summed E-state index contributed by atoms with van der Waals surface area (Å²) in [5, 5.41) is 5.95. The average molecular weight is 359 g/mol. The van der Waals surface area contributed by atoms with Crippen molar-refractivity contribution in [3.05, 3.63) is 34.9 Å². The quantitative estimate of drug-likeness (QED) is 0.440. The maximum Gasteiger partial charge on any atom is 0.257 e. The second kappa shape index (κ2) is 9.98. The van der Waals surface area contributed by atoms with Gasteiger partial charge in [-0.25, -0.2) is 0 Å². The lowest BCUT2D eigenvalue weighted by atomic mass is 10.2. The normalized spacial score (nSPS) is 11.3. The van der Waals surface area contributed by atoms with E-state index in [-0.39, 0.29) is 17.7 Å². The van der Waals surface area contributed by atoms with E-state index in [1.165, 1.54) is 0 Å². The summed E-state index contributed by atoms with van der Waals surface area (Å²) in [4.78, 5) is 23.5. The zero-order valence-corrected chi connectivity index (χ0v) is 14.4. The molecule has 1 aromatic carbocycles. The standard InChI is InChI=1S/C14H19ClN4O3S/c1-9(8-22-2)17-14(23)19-18-12(20)7-16-13(21)10-5-3-4-6-11(10)15/h3-6,9H,7-8H2,1-2H3,(H,16,21)(H,18,20)(H2,17,19,23)/t9-/m1/s1. The Bertz CT molecular complexity index is 571. The second-order valence-corrected chi connectivity index (χ2v) is 5.48. The fourth-order valence-electron chi connectivity index (χ4n) is 1.62. The number of rotatable bonds is 6. The predicted molar refractivity (Wildman–Crippen MR) is 92.1 cm³/mol. The van der Waals surface area contributed by atoms with Gasteiger partial charge in [0.25, 0.3) is 11.8 Å². The van der Waals surface area contributed by atoms with Crippen molar-refractivity contribution < 1.29 is 14.3 Å². The number of hydrogen-bond donors (Lipinski definition) is 4. The van der Waals surface area contributed by atoms with E-state index in [0.29, 0.717) is 17.2 Å². The number of ether oxygens (including phenoxy) is 1. The molecule has 0 unspecified atom stereocenters. The molecule has 1 rings (SSSR count). The van der Waals surface area contributed by atoms with Crippen molar-refractivity contribution in [2.75, 3.05) is 20.3 Å². The van der Waals surface area contributed by atoms with Gasteiger partial charge in [0.05, 0.1) is 23.7 Å². The highest BCUT2D eigenvalue weighted by atomic mass is 35.5. The van der Waals surface area contributed by atoms with Crippen LogP contribution in [0.2, 0.25) is 5.02 Å². The van der Waals surface area contributed by atoms with Gasteiger partial charge in [-0.05, 0) is 31.3 Å². The molecule has 4 N–H and O–H groups in total. The molecule has 0 bridgehead atoms. The van der Waals surface area contributed by atoms with Crippen LogP contribution in [0.25, 0.3) is 0 Å². The van der Waals surface area contributed by atoms with Crippen LogP contribution in [0.3, 0.4) is 0 Å². The van der Waals surface area contributed by atoms with E-state index in [4.69, 9.17) is 28.6 Å². The highest BCUT2D eigenvalue weighted by Gasteiger charge is 2.11. The Balaban J connectivity index is 2.31. The summed E-state index contributed by atoms with van der Waals surface area (Å²) in [6, 6.07) is 6.58. The lowest BCUT2D eigenvalue weighted by Crippen LogP contribution is -2.52. The number of hydrazine groups is 1. The summed E-state index contributed by atoms with van der Waals surface area (Å²) < 4.78 is 4.95. The molecule has 1 atom stereocenters. The summed E-state index contributed by atoms with van der Waals surface area (Å²) in [6.07, 6.45) is 0. The fourth-order valence-corrected chi connectivity index (χ4v) is 2.10. The zero-order chi connectivity index (χ0) is 17.2. The first kappa shape index (κ1) is 19.1. The maximum absolute atomic E-state index is 11.9. The van der Waals surface area contributed by atoms with Crippen LogP contribution in [0.1, 0.15) is 17.3 Å². The SMILES string of the molecule is COC[C@@H](C)NC(=S)NNC(=O)CNC(=O)c1ccccc1Cl. The minimum absolute atomic E-state index is 0.00294. The van der Waals surface area contributed by atoms with Crippen LogP contribution < -0.4 is 21.5 Å². The third-order valence-electron chi connectivity index (χ3n) is 2.64. The Labute approximate surface area is 145 Å². The summed E-state index contributed by atoms with van der Waals surface area (Å²) in [5.41, 5.74) is 5.21. The van der Waals surface area contributed by atoms with Gasteiger partial charge in [0.15, 0.2) is 5.11 Å². The van der Waals surface area contributed by atoms with Crippen LogP contribution in [0.5, 0.6) is 0 Å². The molecule has 7 nitrogen and oxygen atoms in total. The average Bonchev–Trinajstić information content (AvgIpc) is 2.51. The first-order chi connectivity index (χ1) is 10.9. The van der Waals surface area contributed by atoms with E-state index >= 15 is 0 Å². The smallest absolute Gasteiger partial charge is 0.257 e. The van der Waals surface area contributed by atoms with Gasteiger partial charge in [-0.3, -0.25) is 20.4 Å². The van der Waals surface area contributed by atoms with Gasteiger partial charge in [0.1, 0.15) is 0 Å². The van der Waals surface area contributed by atoms with Crippen molar-refractivity contribution in [2.24, 2.45) is 0 Å². The van der Waals surface area contributed by atoms with Gasteiger partial charge < -0.3 is 15.4 Å². The first-order valence-electron chi connectivity index (χ1n) is 6.81. The predicted octanol–water partition coefficient (Wildman–Crippen LogP) is 0.600. The summed E-state index contributed by atoms with van der Waals surface area (Å²) in [7, 11) is 1.58. The molecule has 0 aliphatic carbocycles. The molecule has 0 spiro atoms. The molecule has 0 fully saturated rings. The number of thiocarbonyl (C=S) groups is 1. The monoisotopic (exact) mass is 358 g/mol. The molecule has 9 heteroatoms. The molecule has 0 radical (unpaired) electrons. The molecule has 0 saturated heterocycles. The van der Waals surface area contributed by atoms with Gasteiger partial charge in [0.2, 0.25) is 0 Å². The van der Waals surface area contributed by atoms with Gasteiger partial charge in [-0.15, -0.1) is 0 Å². The van der Waals surface area contributed by atoms with E-state index < -0.39 is 11.8 Å². The number of amides is 2. The van der Waals surface area contributed by atoms with Crippen LogP contribution in [-0.2, 0) is 9.53 Å². The van der Waals surface area contributed by atoms with Gasteiger partial charge in [-0.2, -0.15) is 0 Å². The number of benzene rings is 1. The number of carbonyl (C=O) groups is 2. The molecule has 0 aromatic heterocycles. The molecule has 23 heavy (non-hydrogen) atoms. The third kappa shape index (κ3) is 7.27. The minimum atomic E-state index is -0.450. The number of hydrogen-bond acceptors (Lipinski definition) is 4. The molecule has 1 aromatic rings. The Morgan fingerprint density at radius 3 is 2.65 bits per heavy atom. The number of nitrogens with one attached hydrogen (secondary N) is 4. The summed E-state index contributed by atoms with van der Waals surface area (Å²) in [5.74, 6) is -0.880.